The van der Waals surface area contributed by atoms with E-state index in [1.165, 1.54) is 32.7 Å². The maximum atomic E-state index is 4.39. The van der Waals surface area contributed by atoms with Crippen molar-refractivity contribution >= 4 is 72.7 Å². The van der Waals surface area contributed by atoms with Gasteiger partial charge in [0.2, 0.25) is 0 Å². The molecule has 0 heterocycles. The van der Waals surface area contributed by atoms with E-state index in [9.17, 15) is 0 Å². The normalized spacial score (nSPS) is 10.6. The summed E-state index contributed by atoms with van der Waals surface area (Å²) in [7, 11) is 6.97. The van der Waals surface area contributed by atoms with E-state index in [1.807, 2.05) is 0 Å². The minimum Gasteiger partial charge on any atom is -0.344 e. The van der Waals surface area contributed by atoms with Gasteiger partial charge < -0.3 is 14.5 Å². The van der Waals surface area contributed by atoms with Crippen LogP contribution in [0.4, 0.5) is 34.1 Å². The highest BCUT2D eigenvalue weighted by Crippen LogP contribution is 2.41. The molecule has 0 N–H and O–H groups in total. The Bertz CT molecular complexity index is 2130. The average molecular weight is 646 g/mol. The van der Waals surface area contributed by atoms with E-state index in [4.69, 9.17) is 0 Å². The zero-order valence-electron chi connectivity index (χ0n) is 26.9. The summed E-state index contributed by atoms with van der Waals surface area (Å²) in [5.74, 6) is 0. The van der Waals surface area contributed by atoms with Gasteiger partial charge in [0.25, 0.3) is 7.98 Å². The Kier molecular flexibility index (Phi) is 9.59. The van der Waals surface area contributed by atoms with Crippen LogP contribution < -0.4 is 9.80 Å². The fourth-order valence-corrected chi connectivity index (χ4v) is 6.42. The summed E-state index contributed by atoms with van der Waals surface area (Å²) in [5.41, 5.74) is 9.18. The Morgan fingerprint density at radius 1 is 0.347 bits per heavy atom. The molecule has 0 aliphatic heterocycles. The predicted octanol–water partition coefficient (Wildman–Crippen LogP) is 13.0. The summed E-state index contributed by atoms with van der Waals surface area (Å²) in [6.07, 6.45) is 0. The molecule has 0 saturated heterocycles. The first-order valence-electron chi connectivity index (χ1n) is 16.2. The number of anilines is 6. The summed E-state index contributed by atoms with van der Waals surface area (Å²) in [5, 5.41) is 4.90. The Morgan fingerprint density at radius 3 is 1.04 bits per heavy atom. The number of nitrogens with zero attached hydrogens (tertiary/aromatic N) is 3. The van der Waals surface area contributed by atoms with Crippen LogP contribution in [-0.4, -0.2) is 7.98 Å². The first-order chi connectivity index (χ1) is 24.2. The van der Waals surface area contributed by atoms with Crippen molar-refractivity contribution in [3.05, 3.63) is 194 Å². The highest BCUT2D eigenvalue weighted by Gasteiger charge is 2.17. The number of benzene rings is 8. The third-order valence-electron chi connectivity index (χ3n) is 8.63. The third-order valence-corrected chi connectivity index (χ3v) is 8.63. The van der Waals surface area contributed by atoms with Gasteiger partial charge in [0.15, 0.2) is 0 Å². The molecule has 8 rings (SSSR count). The zero-order chi connectivity index (χ0) is 33.4. The van der Waals surface area contributed by atoms with Crippen molar-refractivity contribution in [2.24, 2.45) is 4.66 Å². The van der Waals surface area contributed by atoms with Crippen molar-refractivity contribution in [1.29, 1.82) is 0 Å². The fourth-order valence-electron chi connectivity index (χ4n) is 6.42. The van der Waals surface area contributed by atoms with E-state index in [0.717, 1.165) is 34.1 Å². The summed E-state index contributed by atoms with van der Waals surface area (Å²) >= 11 is 0. The molecule has 49 heavy (non-hydrogen) atoms. The molecule has 2 radical (unpaired) electrons. The lowest BCUT2D eigenvalue weighted by Gasteiger charge is -2.27. The molecule has 0 aliphatic rings. The molecule has 0 spiro atoms. The first-order valence-corrected chi connectivity index (χ1v) is 16.6. The van der Waals surface area contributed by atoms with E-state index in [1.54, 1.807) is 0 Å². The van der Waals surface area contributed by atoms with Gasteiger partial charge in [-0.05, 0) is 91.6 Å². The van der Waals surface area contributed by atoms with Crippen LogP contribution in [-0.2, 0) is 0 Å². The monoisotopic (exact) mass is 645 g/mol. The molecule has 0 bridgehead atoms. The lowest BCUT2D eigenvalue weighted by Crippen LogP contribution is -2.10. The van der Waals surface area contributed by atoms with Crippen LogP contribution in [0.2, 0.25) is 0 Å². The Hall–Kier alpha value is -5.96. The maximum Gasteiger partial charge on any atom is 0.265 e. The molecule has 0 unspecified atom stereocenters. The molecule has 232 valence electrons. The SMILES string of the molecule is [B]N=P.c1ccc(N(c2ccc(-c3ccc(N(c4ccccc4)c4cccc5ccccc45)cc3)cc2)c2cccc3ccccc23)cc1. The second-order valence-electron chi connectivity index (χ2n) is 11.6. The molecule has 0 amide bonds. The van der Waals surface area contributed by atoms with Gasteiger partial charge in [-0.1, -0.05) is 133 Å². The highest BCUT2D eigenvalue weighted by molar-refractivity contribution is 7.05. The van der Waals surface area contributed by atoms with Crippen LogP contribution in [0.3, 0.4) is 0 Å². The Labute approximate surface area is 291 Å². The van der Waals surface area contributed by atoms with E-state index in [0.29, 0.717) is 0 Å². The molecule has 5 heteroatoms. The number of fused-ring (bicyclic) bond motifs is 2. The van der Waals surface area contributed by atoms with Gasteiger partial charge in [0.05, 0.1) is 11.4 Å². The van der Waals surface area contributed by atoms with Gasteiger partial charge in [0.1, 0.15) is 0 Å². The van der Waals surface area contributed by atoms with Crippen molar-refractivity contribution < 1.29 is 0 Å². The highest BCUT2D eigenvalue weighted by atomic mass is 31.0. The molecule has 0 aliphatic carbocycles. The fraction of sp³-hybridized carbons (Fsp3) is 0. The largest absolute Gasteiger partial charge is 0.344 e. The number of hydrogen-bond acceptors (Lipinski definition) is 3. The molecule has 0 fully saturated rings. The lowest BCUT2D eigenvalue weighted by atomic mass is 10.0. The lowest BCUT2D eigenvalue weighted by molar-refractivity contribution is 1.29. The van der Waals surface area contributed by atoms with Gasteiger partial charge in [-0.2, -0.15) is 0 Å². The van der Waals surface area contributed by atoms with Crippen molar-refractivity contribution in [3.63, 3.8) is 0 Å². The number of rotatable bonds is 7. The van der Waals surface area contributed by atoms with Crippen molar-refractivity contribution in [3.8, 4) is 11.1 Å². The molecule has 8 aromatic rings. The molecule has 0 aromatic heterocycles. The molecular weight excluding hydrogens is 612 g/mol. The van der Waals surface area contributed by atoms with Crippen molar-refractivity contribution in [2.75, 3.05) is 9.80 Å². The standard InChI is InChI=1S/C44H32N2.BHNP/c1-3-17-37(18-4-1)45(43-23-11-15-35-13-7-9-21-41(35)43)39-29-25-33(26-30-39)34-27-31-40(32-28-34)46(38-19-5-2-6-20-38)44-24-12-16-36-14-8-10-22-42(36)44;1-2-3/h1-32H;3H. The van der Waals surface area contributed by atoms with Crippen LogP contribution in [0.25, 0.3) is 32.7 Å². The van der Waals surface area contributed by atoms with Crippen LogP contribution in [0.1, 0.15) is 0 Å². The van der Waals surface area contributed by atoms with Crippen LogP contribution in [0.15, 0.2) is 199 Å². The quantitative estimate of drug-likeness (QED) is 0.127. The second kappa shape index (κ2) is 14.9. The first kappa shape index (κ1) is 31.6. The van der Waals surface area contributed by atoms with E-state index in [2.05, 4.69) is 226 Å². The third kappa shape index (κ3) is 6.74. The van der Waals surface area contributed by atoms with Gasteiger partial charge in [0, 0.05) is 33.5 Å². The van der Waals surface area contributed by atoms with E-state index < -0.39 is 0 Å². The summed E-state index contributed by atoms with van der Waals surface area (Å²) in [6.45, 7) is 0. The van der Waals surface area contributed by atoms with Crippen molar-refractivity contribution in [1.82, 2.24) is 0 Å². The summed E-state index contributed by atoms with van der Waals surface area (Å²) in [6, 6.07) is 69.2. The minimum atomic E-state index is 1.12. The van der Waals surface area contributed by atoms with Gasteiger partial charge in [-0.3, -0.25) is 0 Å². The molecule has 3 nitrogen and oxygen atoms in total. The summed E-state index contributed by atoms with van der Waals surface area (Å²) < 4.78 is 2.81. The van der Waals surface area contributed by atoms with Crippen LogP contribution in [0, 0.1) is 0 Å². The van der Waals surface area contributed by atoms with Gasteiger partial charge >= 0.3 is 0 Å². The van der Waals surface area contributed by atoms with Gasteiger partial charge in [-0.15, -0.1) is 0 Å². The molecule has 0 atom stereocenters. The van der Waals surface area contributed by atoms with Crippen LogP contribution in [0.5, 0.6) is 0 Å². The van der Waals surface area contributed by atoms with Crippen molar-refractivity contribution in [2.45, 2.75) is 0 Å². The maximum absolute atomic E-state index is 4.39. The Morgan fingerprint density at radius 2 is 0.653 bits per heavy atom. The minimum absolute atomic E-state index is 1.12. The van der Waals surface area contributed by atoms with Crippen LogP contribution >= 0.6 is 9.03 Å². The predicted molar refractivity (Wildman–Crippen MR) is 213 cm³/mol. The average Bonchev–Trinajstić information content (AvgIpc) is 3.17. The number of hydrogen-bond donors (Lipinski definition) is 0. The Balaban J connectivity index is 0.00000122. The number of para-hydroxylation sites is 2. The topological polar surface area (TPSA) is 18.8 Å². The molecule has 8 aromatic carbocycles. The smallest absolute Gasteiger partial charge is 0.265 e. The second-order valence-corrected chi connectivity index (χ2v) is 11.8. The van der Waals surface area contributed by atoms with E-state index in [-0.39, 0.29) is 0 Å². The molecular formula is C44H33BN3P. The summed E-state index contributed by atoms with van der Waals surface area (Å²) in [4.78, 5) is 4.69. The van der Waals surface area contributed by atoms with E-state index >= 15 is 0 Å². The van der Waals surface area contributed by atoms with Gasteiger partial charge in [-0.25, -0.2) is 0 Å². The molecule has 0 saturated carbocycles. The zero-order valence-corrected chi connectivity index (χ0v) is 27.9.